The van der Waals surface area contributed by atoms with E-state index in [1.807, 2.05) is 6.92 Å². The summed E-state index contributed by atoms with van der Waals surface area (Å²) in [6, 6.07) is 4.84. The number of aliphatic hydroxyl groups is 1. The van der Waals surface area contributed by atoms with E-state index < -0.39 is 6.61 Å². The molecule has 1 aliphatic heterocycles. The van der Waals surface area contributed by atoms with Crippen molar-refractivity contribution in [2.45, 2.75) is 32.9 Å². The number of aliphatic hydroxyl groups excluding tert-OH is 1. The van der Waals surface area contributed by atoms with Gasteiger partial charge in [-0.1, -0.05) is 6.92 Å². The quantitative estimate of drug-likeness (QED) is 0.876. The predicted molar refractivity (Wildman–Crippen MR) is 79.3 cm³/mol. The average Bonchev–Trinajstić information content (AvgIpc) is 2.48. The van der Waals surface area contributed by atoms with E-state index in [0.29, 0.717) is 17.9 Å². The largest absolute Gasteiger partial charge is 0.497 e. The van der Waals surface area contributed by atoms with Gasteiger partial charge in [0.15, 0.2) is 0 Å². The fraction of sp³-hybridized carbons (Fsp3) is 0.625. The summed E-state index contributed by atoms with van der Waals surface area (Å²) in [7, 11) is 1.54. The molecule has 1 aromatic carbocycles. The third-order valence-electron chi connectivity index (χ3n) is 4.12. The Morgan fingerprint density at radius 3 is 2.82 bits per heavy atom. The number of rotatable bonds is 6. The zero-order valence-corrected chi connectivity index (χ0v) is 13.0. The highest BCUT2D eigenvalue weighted by Crippen LogP contribution is 2.32. The first-order chi connectivity index (χ1) is 10.5. The van der Waals surface area contributed by atoms with Crippen LogP contribution in [0.5, 0.6) is 11.5 Å². The molecule has 0 saturated carbocycles. The number of halogens is 2. The number of ether oxygens (including phenoxy) is 2. The second-order valence-electron chi connectivity index (χ2n) is 6.14. The lowest BCUT2D eigenvalue weighted by molar-refractivity contribution is -0.0511. The van der Waals surface area contributed by atoms with Crippen LogP contribution in [0.15, 0.2) is 18.2 Å². The molecule has 1 unspecified atom stereocenters. The molecule has 2 rings (SSSR count). The summed E-state index contributed by atoms with van der Waals surface area (Å²) in [6.45, 7) is 1.42. The van der Waals surface area contributed by atoms with Crippen molar-refractivity contribution in [1.29, 1.82) is 0 Å². The van der Waals surface area contributed by atoms with Gasteiger partial charge in [0.1, 0.15) is 11.5 Å². The summed E-state index contributed by atoms with van der Waals surface area (Å²) in [5.74, 6) is 0.783. The molecule has 22 heavy (non-hydrogen) atoms. The fourth-order valence-corrected chi connectivity index (χ4v) is 2.95. The number of piperidine rings is 1. The highest BCUT2D eigenvalue weighted by atomic mass is 19.3. The SMILES string of the molecule is COc1ccc(OC(F)F)c(CN2CCCC(C)(CO)C2)c1. The smallest absolute Gasteiger partial charge is 0.387 e. The van der Waals surface area contributed by atoms with Crippen molar-refractivity contribution in [2.75, 3.05) is 26.8 Å². The first kappa shape index (κ1) is 17.0. The number of hydrogen-bond acceptors (Lipinski definition) is 4. The number of hydrogen-bond donors (Lipinski definition) is 1. The lowest BCUT2D eigenvalue weighted by Gasteiger charge is -2.39. The van der Waals surface area contributed by atoms with Gasteiger partial charge in [0, 0.05) is 30.7 Å². The Labute approximate surface area is 129 Å². The Bertz CT molecular complexity index is 498. The van der Waals surface area contributed by atoms with Crippen LogP contribution in [0.4, 0.5) is 8.78 Å². The van der Waals surface area contributed by atoms with E-state index in [-0.39, 0.29) is 17.8 Å². The minimum atomic E-state index is -2.85. The maximum absolute atomic E-state index is 12.5. The van der Waals surface area contributed by atoms with Crippen molar-refractivity contribution in [3.8, 4) is 11.5 Å². The van der Waals surface area contributed by atoms with E-state index >= 15 is 0 Å². The summed E-state index contributed by atoms with van der Waals surface area (Å²) in [4.78, 5) is 2.16. The van der Waals surface area contributed by atoms with Crippen molar-refractivity contribution >= 4 is 0 Å². The molecule has 1 atom stereocenters. The second-order valence-corrected chi connectivity index (χ2v) is 6.14. The van der Waals surface area contributed by atoms with Crippen LogP contribution in [0, 0.1) is 5.41 Å². The van der Waals surface area contributed by atoms with Gasteiger partial charge in [0.25, 0.3) is 0 Å². The molecule has 0 spiro atoms. The lowest BCUT2D eigenvalue weighted by Crippen LogP contribution is -2.43. The van der Waals surface area contributed by atoms with Crippen LogP contribution in [0.25, 0.3) is 0 Å². The minimum Gasteiger partial charge on any atom is -0.497 e. The van der Waals surface area contributed by atoms with Crippen LogP contribution >= 0.6 is 0 Å². The highest BCUT2D eigenvalue weighted by molar-refractivity contribution is 5.40. The summed E-state index contributed by atoms with van der Waals surface area (Å²) >= 11 is 0. The number of methoxy groups -OCH3 is 1. The maximum atomic E-state index is 12.5. The molecule has 0 aromatic heterocycles. The minimum absolute atomic E-state index is 0.127. The first-order valence-electron chi connectivity index (χ1n) is 7.41. The summed E-state index contributed by atoms with van der Waals surface area (Å²) in [6.07, 6.45) is 1.95. The Hall–Kier alpha value is -1.40. The number of likely N-dealkylation sites (tertiary alicyclic amines) is 1. The van der Waals surface area contributed by atoms with Gasteiger partial charge in [-0.15, -0.1) is 0 Å². The van der Waals surface area contributed by atoms with Gasteiger partial charge >= 0.3 is 6.61 Å². The predicted octanol–water partition coefficient (Wildman–Crippen LogP) is 2.89. The molecule has 1 aliphatic rings. The fourth-order valence-electron chi connectivity index (χ4n) is 2.95. The van der Waals surface area contributed by atoms with Crippen molar-refractivity contribution in [2.24, 2.45) is 5.41 Å². The Morgan fingerprint density at radius 2 is 2.18 bits per heavy atom. The van der Waals surface area contributed by atoms with Crippen LogP contribution in [0.2, 0.25) is 0 Å². The molecule has 4 nitrogen and oxygen atoms in total. The van der Waals surface area contributed by atoms with E-state index in [9.17, 15) is 13.9 Å². The van der Waals surface area contributed by atoms with Gasteiger partial charge in [-0.05, 0) is 37.6 Å². The lowest BCUT2D eigenvalue weighted by atomic mass is 9.82. The number of nitrogens with zero attached hydrogens (tertiary/aromatic N) is 1. The molecule has 1 aromatic rings. The number of alkyl halides is 2. The molecule has 1 fully saturated rings. The Kier molecular flexibility index (Phi) is 5.58. The Balaban J connectivity index is 2.16. The standard InChI is InChI=1S/C16H23F2NO3/c1-16(11-20)6-3-7-19(10-16)9-12-8-13(21-2)4-5-14(12)22-15(17)18/h4-5,8,15,20H,3,6-7,9-11H2,1-2H3. The molecule has 1 saturated heterocycles. The van der Waals surface area contributed by atoms with E-state index in [1.165, 1.54) is 13.2 Å². The van der Waals surface area contributed by atoms with Crippen molar-refractivity contribution in [3.63, 3.8) is 0 Å². The van der Waals surface area contributed by atoms with Crippen LogP contribution in [-0.4, -0.2) is 43.4 Å². The zero-order chi connectivity index (χ0) is 16.2. The van der Waals surface area contributed by atoms with Crippen LogP contribution in [-0.2, 0) is 6.54 Å². The van der Waals surface area contributed by atoms with E-state index in [4.69, 9.17) is 4.74 Å². The van der Waals surface area contributed by atoms with Gasteiger partial charge in [0.05, 0.1) is 7.11 Å². The van der Waals surface area contributed by atoms with Gasteiger partial charge in [-0.3, -0.25) is 4.90 Å². The number of benzene rings is 1. The molecule has 0 aliphatic carbocycles. The van der Waals surface area contributed by atoms with Crippen LogP contribution in [0.3, 0.4) is 0 Å². The van der Waals surface area contributed by atoms with Gasteiger partial charge in [0.2, 0.25) is 0 Å². The summed E-state index contributed by atoms with van der Waals surface area (Å²) in [5.41, 5.74) is 0.530. The van der Waals surface area contributed by atoms with Gasteiger partial charge in [-0.2, -0.15) is 8.78 Å². The van der Waals surface area contributed by atoms with Crippen molar-refractivity contribution in [1.82, 2.24) is 4.90 Å². The highest BCUT2D eigenvalue weighted by Gasteiger charge is 2.30. The normalized spacial score (nSPS) is 22.8. The zero-order valence-electron chi connectivity index (χ0n) is 13.0. The maximum Gasteiger partial charge on any atom is 0.387 e. The third-order valence-corrected chi connectivity index (χ3v) is 4.12. The Morgan fingerprint density at radius 1 is 1.41 bits per heavy atom. The summed E-state index contributed by atoms with van der Waals surface area (Å²) in [5, 5.41) is 9.52. The topological polar surface area (TPSA) is 41.9 Å². The second kappa shape index (κ2) is 7.24. The third kappa shape index (κ3) is 4.30. The van der Waals surface area contributed by atoms with Crippen molar-refractivity contribution < 1.29 is 23.4 Å². The molecule has 124 valence electrons. The van der Waals surface area contributed by atoms with Crippen LogP contribution in [0.1, 0.15) is 25.3 Å². The molecular weight excluding hydrogens is 292 g/mol. The molecule has 0 amide bonds. The molecule has 1 N–H and O–H groups in total. The van der Waals surface area contributed by atoms with Crippen LogP contribution < -0.4 is 9.47 Å². The van der Waals surface area contributed by atoms with E-state index in [1.54, 1.807) is 12.1 Å². The summed E-state index contributed by atoms with van der Waals surface area (Å²) < 4.78 is 34.8. The monoisotopic (exact) mass is 315 g/mol. The molecule has 1 heterocycles. The van der Waals surface area contributed by atoms with Gasteiger partial charge in [-0.25, -0.2) is 0 Å². The molecule has 6 heteroatoms. The average molecular weight is 315 g/mol. The van der Waals surface area contributed by atoms with Crippen molar-refractivity contribution in [3.05, 3.63) is 23.8 Å². The molecular formula is C16H23F2NO3. The molecule has 0 radical (unpaired) electrons. The van der Waals surface area contributed by atoms with Gasteiger partial charge < -0.3 is 14.6 Å². The van der Waals surface area contributed by atoms with E-state index in [0.717, 1.165) is 25.9 Å². The van der Waals surface area contributed by atoms with E-state index in [2.05, 4.69) is 9.64 Å². The molecule has 0 bridgehead atoms. The first-order valence-corrected chi connectivity index (χ1v) is 7.41.